The minimum absolute atomic E-state index is 0.0595. The molecule has 0 spiro atoms. The van der Waals surface area contributed by atoms with Gasteiger partial charge in [0.15, 0.2) is 0 Å². The van der Waals surface area contributed by atoms with Gasteiger partial charge in [-0.05, 0) is 37.0 Å². The molecule has 0 aromatic heterocycles. The third kappa shape index (κ3) is 13.7. The quantitative estimate of drug-likeness (QED) is 0.105. The van der Waals surface area contributed by atoms with Crippen molar-refractivity contribution in [2.75, 3.05) is 66.0 Å². The van der Waals surface area contributed by atoms with Crippen LogP contribution >= 0.6 is 0 Å². The van der Waals surface area contributed by atoms with Crippen LogP contribution in [0.15, 0.2) is 12.7 Å². The van der Waals surface area contributed by atoms with Crippen LogP contribution in [0.4, 0.5) is 4.79 Å². The molecule has 1 unspecified atom stereocenters. The van der Waals surface area contributed by atoms with Crippen LogP contribution < -0.4 is 5.32 Å². The molecule has 3 amide bonds. The maximum absolute atomic E-state index is 12.0. The molecular formula is C28H46N2O10. The average Bonchev–Trinajstić information content (AvgIpc) is 3.53. The van der Waals surface area contributed by atoms with Crippen molar-refractivity contribution in [2.24, 2.45) is 17.8 Å². The predicted molar refractivity (Wildman–Crippen MR) is 144 cm³/mol. The molecule has 0 bridgehead atoms. The zero-order chi connectivity index (χ0) is 29.0. The van der Waals surface area contributed by atoms with Gasteiger partial charge in [0.2, 0.25) is 0 Å². The summed E-state index contributed by atoms with van der Waals surface area (Å²) in [6.07, 6.45) is 7.35. The van der Waals surface area contributed by atoms with E-state index in [2.05, 4.69) is 18.8 Å². The van der Waals surface area contributed by atoms with Gasteiger partial charge in [0.1, 0.15) is 0 Å². The molecule has 2 rings (SSSR count). The van der Waals surface area contributed by atoms with E-state index in [1.54, 1.807) is 0 Å². The van der Waals surface area contributed by atoms with Gasteiger partial charge in [-0.3, -0.25) is 9.59 Å². The maximum Gasteiger partial charge on any atom is 0.407 e. The van der Waals surface area contributed by atoms with Gasteiger partial charge in [-0.15, -0.1) is 11.6 Å². The molecule has 2 aliphatic rings. The smallest absolute Gasteiger partial charge is 0.407 e. The zero-order valence-electron chi connectivity index (χ0n) is 23.8. The largest absolute Gasteiger partial charge is 0.449 e. The molecule has 1 aliphatic heterocycles. The number of imide groups is 1. The fourth-order valence-electron chi connectivity index (χ4n) is 4.55. The first-order valence-electron chi connectivity index (χ1n) is 14.4. The minimum Gasteiger partial charge on any atom is -0.449 e. The second-order valence-electron chi connectivity index (χ2n) is 9.77. The molecule has 1 saturated heterocycles. The first kappa shape index (κ1) is 33.7. The summed E-state index contributed by atoms with van der Waals surface area (Å²) in [7, 11) is 0. The number of carbonyl (C=O) groups is 4. The molecule has 0 aromatic rings. The van der Waals surface area contributed by atoms with Gasteiger partial charge in [-0.1, -0.05) is 25.8 Å². The first-order chi connectivity index (χ1) is 19.5. The molecule has 2 fully saturated rings. The summed E-state index contributed by atoms with van der Waals surface area (Å²) in [5.74, 6) is 0.0636. The summed E-state index contributed by atoms with van der Waals surface area (Å²) >= 11 is 0. The fraction of sp³-hybridized carbons (Fsp3) is 0.786. The molecule has 3 atom stereocenters. The summed E-state index contributed by atoms with van der Waals surface area (Å²) in [6, 6.07) is 0. The monoisotopic (exact) mass is 570 g/mol. The van der Waals surface area contributed by atoms with Crippen LogP contribution in [0, 0.1) is 17.8 Å². The highest BCUT2D eigenvalue weighted by Gasteiger charge is 2.48. The van der Waals surface area contributed by atoms with Crippen LogP contribution in [-0.2, 0) is 42.9 Å². The van der Waals surface area contributed by atoms with E-state index in [9.17, 15) is 19.2 Å². The van der Waals surface area contributed by atoms with E-state index >= 15 is 0 Å². The number of nitrogens with one attached hydrogen (secondary N) is 1. The lowest BCUT2D eigenvalue weighted by Gasteiger charge is -2.12. The predicted octanol–water partition coefficient (Wildman–Crippen LogP) is 2.79. The number of rotatable bonds is 24. The third-order valence-electron chi connectivity index (χ3n) is 6.79. The number of allylic oxidation sites excluding steroid dienone is 1. The number of ether oxygens (including phenoxy) is 5. The van der Waals surface area contributed by atoms with Gasteiger partial charge in [0, 0.05) is 19.4 Å². The van der Waals surface area contributed by atoms with Crippen LogP contribution in [0.1, 0.15) is 58.3 Å². The number of amides is 3. The maximum atomic E-state index is 12.0. The highest BCUT2D eigenvalue weighted by atomic mass is 16.7. The van der Waals surface area contributed by atoms with Crippen LogP contribution in [-0.4, -0.2) is 94.9 Å². The van der Waals surface area contributed by atoms with Crippen molar-refractivity contribution < 1.29 is 47.7 Å². The third-order valence-corrected chi connectivity index (χ3v) is 6.79. The lowest BCUT2D eigenvalue weighted by molar-refractivity contribution is -0.198. The minimum atomic E-state index is -0.700. The number of carbonyl (C=O) groups excluding carboxylic acids is 4. The normalized spacial score (nSPS) is 20.0. The van der Waals surface area contributed by atoms with E-state index < -0.39 is 23.9 Å². The molecular weight excluding hydrogens is 524 g/mol. The molecule has 12 heteroatoms. The van der Waals surface area contributed by atoms with Crippen molar-refractivity contribution >= 4 is 23.9 Å². The van der Waals surface area contributed by atoms with E-state index in [1.165, 1.54) is 19.3 Å². The first-order valence-corrected chi connectivity index (χ1v) is 14.4. The van der Waals surface area contributed by atoms with Crippen molar-refractivity contribution in [2.45, 2.75) is 58.3 Å². The number of unbranched alkanes of at least 4 members (excludes halogenated alkanes) is 1. The second kappa shape index (κ2) is 20.4. The summed E-state index contributed by atoms with van der Waals surface area (Å²) in [6.45, 7) is 9.50. The number of hydroxylamine groups is 2. The second-order valence-corrected chi connectivity index (χ2v) is 9.77. The SMILES string of the molecule is C=CCC[C@@H]1C(COC(=O)NCCOCCOCCOCCOCCC(=O)ON2C(=O)CCC2=O)[C@@H]1CCCC. The molecule has 1 N–H and O–H groups in total. The summed E-state index contributed by atoms with van der Waals surface area (Å²) < 4.78 is 26.9. The van der Waals surface area contributed by atoms with Crippen molar-refractivity contribution in [3.8, 4) is 0 Å². The molecule has 228 valence electrons. The van der Waals surface area contributed by atoms with E-state index in [0.29, 0.717) is 75.6 Å². The van der Waals surface area contributed by atoms with Gasteiger partial charge in [0.05, 0.1) is 65.9 Å². The molecule has 1 saturated carbocycles. The summed E-state index contributed by atoms with van der Waals surface area (Å²) in [4.78, 5) is 51.1. The van der Waals surface area contributed by atoms with Crippen LogP contribution in [0.3, 0.4) is 0 Å². The Labute approximate surface area is 236 Å². The Morgan fingerprint density at radius 3 is 2.05 bits per heavy atom. The molecule has 12 nitrogen and oxygen atoms in total. The Morgan fingerprint density at radius 2 is 1.45 bits per heavy atom. The van der Waals surface area contributed by atoms with Crippen molar-refractivity contribution in [1.82, 2.24) is 10.4 Å². The van der Waals surface area contributed by atoms with Crippen molar-refractivity contribution in [1.29, 1.82) is 0 Å². The van der Waals surface area contributed by atoms with Gasteiger partial charge in [-0.2, -0.15) is 0 Å². The Hall–Kier alpha value is -2.54. The Balaban J connectivity index is 1.31. The van der Waals surface area contributed by atoms with Gasteiger partial charge < -0.3 is 33.8 Å². The summed E-state index contributed by atoms with van der Waals surface area (Å²) in [5, 5.41) is 3.23. The standard InChI is InChI=1S/C28H46N2O10/c1-3-5-7-22-23(8-6-4-2)24(22)21-39-28(34)29-12-14-36-16-18-38-20-19-37-17-15-35-13-11-27(33)40-30-25(31)9-10-26(30)32/h3,22-24H,1,4-21H2,2H3,(H,29,34)/t22-,23+,24?/m0/s1. The van der Waals surface area contributed by atoms with E-state index in [1.807, 2.05) is 6.08 Å². The Morgan fingerprint density at radius 1 is 0.875 bits per heavy atom. The Kier molecular flexibility index (Phi) is 17.1. The summed E-state index contributed by atoms with van der Waals surface area (Å²) in [5.41, 5.74) is 0. The number of hydrogen-bond acceptors (Lipinski definition) is 10. The molecule has 0 aromatic carbocycles. The molecule has 0 radical (unpaired) electrons. The van der Waals surface area contributed by atoms with Crippen molar-refractivity contribution in [3.63, 3.8) is 0 Å². The van der Waals surface area contributed by atoms with Gasteiger partial charge in [0.25, 0.3) is 11.8 Å². The molecule has 1 aliphatic carbocycles. The molecule has 40 heavy (non-hydrogen) atoms. The number of nitrogens with zero attached hydrogens (tertiary/aromatic N) is 1. The van der Waals surface area contributed by atoms with E-state index in [0.717, 1.165) is 12.8 Å². The number of hydrogen-bond donors (Lipinski definition) is 1. The average molecular weight is 571 g/mol. The highest BCUT2D eigenvalue weighted by molar-refractivity contribution is 6.01. The topological polar surface area (TPSA) is 139 Å². The fourth-order valence-corrected chi connectivity index (χ4v) is 4.55. The van der Waals surface area contributed by atoms with Crippen LogP contribution in [0.5, 0.6) is 0 Å². The number of alkyl carbamates (subject to hydrolysis) is 1. The van der Waals surface area contributed by atoms with Gasteiger partial charge >= 0.3 is 12.1 Å². The zero-order valence-corrected chi connectivity index (χ0v) is 23.8. The van der Waals surface area contributed by atoms with E-state index in [-0.39, 0.29) is 32.5 Å². The lowest BCUT2D eigenvalue weighted by Crippen LogP contribution is -2.32. The van der Waals surface area contributed by atoms with Gasteiger partial charge in [-0.25, -0.2) is 9.59 Å². The van der Waals surface area contributed by atoms with Crippen molar-refractivity contribution in [3.05, 3.63) is 12.7 Å². The highest BCUT2D eigenvalue weighted by Crippen LogP contribution is 2.52. The van der Waals surface area contributed by atoms with Crippen LogP contribution in [0.2, 0.25) is 0 Å². The Bertz CT molecular complexity index is 777. The van der Waals surface area contributed by atoms with E-state index in [4.69, 9.17) is 28.5 Å². The molecule has 1 heterocycles. The van der Waals surface area contributed by atoms with Crippen LogP contribution in [0.25, 0.3) is 0 Å². The lowest BCUT2D eigenvalue weighted by atomic mass is 10.1.